The van der Waals surface area contributed by atoms with Crippen LogP contribution < -0.4 is 16.0 Å². The Kier molecular flexibility index (Phi) is 6.30. The smallest absolute Gasteiger partial charge is 0.335 e. The number of fused-ring (bicyclic) bond motifs is 1. The molecular formula is C24H22N4O6. The molecule has 0 radical (unpaired) electrons. The molecule has 34 heavy (non-hydrogen) atoms. The molecule has 10 heteroatoms. The molecule has 0 saturated heterocycles. The van der Waals surface area contributed by atoms with Gasteiger partial charge in [-0.3, -0.25) is 14.8 Å². The molecule has 174 valence electrons. The highest BCUT2D eigenvalue weighted by Gasteiger charge is 2.21. The van der Waals surface area contributed by atoms with Gasteiger partial charge in [-0.2, -0.15) is 0 Å². The molecule has 4 aromatic rings. The predicted molar refractivity (Wildman–Crippen MR) is 126 cm³/mol. The number of ether oxygens (including phenoxy) is 2. The number of nitrogens with one attached hydrogen (secondary N) is 2. The van der Waals surface area contributed by atoms with Crippen LogP contribution in [0.4, 0.5) is 0 Å². The maximum Gasteiger partial charge on any atom is 0.335 e. The molecule has 0 aliphatic heterocycles. The Morgan fingerprint density at radius 3 is 2.74 bits per heavy atom. The molecule has 2 aromatic carbocycles. The molecule has 10 nitrogen and oxygen atoms in total. The summed E-state index contributed by atoms with van der Waals surface area (Å²) < 4.78 is 11.0. The zero-order valence-electron chi connectivity index (χ0n) is 18.4. The third-order valence-corrected chi connectivity index (χ3v) is 5.38. The molecule has 0 unspecified atom stereocenters. The van der Waals surface area contributed by atoms with Gasteiger partial charge in [0, 0.05) is 35.8 Å². The number of aromatic nitrogens is 3. The highest BCUT2D eigenvalue weighted by atomic mass is 16.5. The Morgan fingerprint density at radius 1 is 1.18 bits per heavy atom. The molecule has 3 N–H and O–H groups in total. The molecule has 0 fully saturated rings. The fourth-order valence-electron chi connectivity index (χ4n) is 3.65. The van der Waals surface area contributed by atoms with E-state index in [-0.39, 0.29) is 17.7 Å². The molecule has 0 amide bonds. The van der Waals surface area contributed by atoms with Gasteiger partial charge in [0.2, 0.25) is 5.88 Å². The normalized spacial score (nSPS) is 12.2. The van der Waals surface area contributed by atoms with E-state index in [4.69, 9.17) is 9.47 Å². The lowest BCUT2D eigenvalue weighted by Gasteiger charge is -2.12. The van der Waals surface area contributed by atoms with E-state index < -0.39 is 29.1 Å². The van der Waals surface area contributed by atoms with E-state index in [2.05, 4.69) is 15.0 Å². The third-order valence-electron chi connectivity index (χ3n) is 5.38. The monoisotopic (exact) mass is 462 g/mol. The van der Waals surface area contributed by atoms with Crippen molar-refractivity contribution >= 4 is 23.1 Å². The van der Waals surface area contributed by atoms with Gasteiger partial charge in [0.1, 0.15) is 11.3 Å². The van der Waals surface area contributed by atoms with Gasteiger partial charge in [0.25, 0.3) is 5.56 Å². The van der Waals surface area contributed by atoms with Crippen LogP contribution in [0.15, 0.2) is 69.3 Å². The largest absolute Gasteiger partial charge is 0.497 e. The van der Waals surface area contributed by atoms with Crippen LogP contribution in [0.2, 0.25) is 0 Å². The van der Waals surface area contributed by atoms with Crippen molar-refractivity contribution in [3.8, 4) is 17.3 Å². The van der Waals surface area contributed by atoms with Crippen LogP contribution in [-0.4, -0.2) is 52.1 Å². The Bertz CT molecular complexity index is 1500. The number of para-hydroxylation sites is 1. The van der Waals surface area contributed by atoms with E-state index in [1.54, 1.807) is 24.4 Å². The molecule has 2 heterocycles. The number of aromatic amines is 2. The van der Waals surface area contributed by atoms with Crippen molar-refractivity contribution in [3.63, 3.8) is 0 Å². The third kappa shape index (κ3) is 4.33. The molecule has 1 atom stereocenters. The van der Waals surface area contributed by atoms with Gasteiger partial charge in [-0.05, 0) is 23.8 Å². The minimum absolute atomic E-state index is 0.196. The average molecular weight is 462 g/mol. The van der Waals surface area contributed by atoms with E-state index in [1.807, 2.05) is 24.3 Å². The minimum atomic E-state index is -0.986. The van der Waals surface area contributed by atoms with Crippen molar-refractivity contribution in [2.75, 3.05) is 14.2 Å². The summed E-state index contributed by atoms with van der Waals surface area (Å²) in [5, 5.41) is 11.7. The summed E-state index contributed by atoms with van der Waals surface area (Å²) in [5.74, 6) is -0.783. The van der Waals surface area contributed by atoms with Crippen molar-refractivity contribution in [2.24, 2.45) is 4.99 Å². The maximum atomic E-state index is 12.4. The number of aliphatic imine (C=N–C) groups is 1. The number of hydrogen-bond donors (Lipinski definition) is 3. The van der Waals surface area contributed by atoms with E-state index >= 15 is 0 Å². The van der Waals surface area contributed by atoms with Gasteiger partial charge < -0.3 is 19.6 Å². The molecule has 0 bridgehead atoms. The van der Waals surface area contributed by atoms with Gasteiger partial charge in [-0.25, -0.2) is 14.2 Å². The number of rotatable bonds is 7. The van der Waals surface area contributed by atoms with Crippen LogP contribution in [-0.2, 0) is 16.0 Å². The Morgan fingerprint density at radius 2 is 1.97 bits per heavy atom. The number of aromatic hydroxyl groups is 1. The highest BCUT2D eigenvalue weighted by Crippen LogP contribution is 2.22. The van der Waals surface area contributed by atoms with E-state index in [0.717, 1.165) is 27.2 Å². The van der Waals surface area contributed by atoms with Crippen LogP contribution in [0, 0.1) is 0 Å². The SMILES string of the molecule is COC(=O)[C@@H](Cc1c[nH]c2ccccc12)N=Cc1c(O)n(-c2cccc(OC)c2)c(=O)[nH]c1=O. The topological polar surface area (TPSA) is 139 Å². The summed E-state index contributed by atoms with van der Waals surface area (Å²) in [5.41, 5.74) is 0.0517. The van der Waals surface area contributed by atoms with E-state index in [9.17, 15) is 19.5 Å². The van der Waals surface area contributed by atoms with Gasteiger partial charge in [-0.1, -0.05) is 24.3 Å². The Hall–Kier alpha value is -4.60. The molecule has 0 aliphatic carbocycles. The summed E-state index contributed by atoms with van der Waals surface area (Å²) in [6.07, 6.45) is 3.05. The first-order valence-corrected chi connectivity index (χ1v) is 10.3. The van der Waals surface area contributed by atoms with Crippen LogP contribution in [0.5, 0.6) is 11.6 Å². The summed E-state index contributed by atoms with van der Waals surface area (Å²) >= 11 is 0. The predicted octanol–water partition coefficient (Wildman–Crippen LogP) is 1.92. The summed E-state index contributed by atoms with van der Waals surface area (Å²) in [4.78, 5) is 46.8. The zero-order valence-corrected chi connectivity index (χ0v) is 18.4. The molecule has 0 saturated carbocycles. The Labute approximate surface area is 193 Å². The summed E-state index contributed by atoms with van der Waals surface area (Å²) in [7, 11) is 2.71. The van der Waals surface area contributed by atoms with E-state index in [1.165, 1.54) is 20.3 Å². The second-order valence-electron chi connectivity index (χ2n) is 7.41. The lowest BCUT2D eigenvalue weighted by Crippen LogP contribution is -2.31. The van der Waals surface area contributed by atoms with Crippen LogP contribution >= 0.6 is 0 Å². The van der Waals surface area contributed by atoms with Crippen molar-refractivity contribution in [1.29, 1.82) is 0 Å². The average Bonchev–Trinajstić information content (AvgIpc) is 3.25. The first kappa shape index (κ1) is 22.6. The number of esters is 1. The number of benzene rings is 2. The van der Waals surface area contributed by atoms with Crippen molar-refractivity contribution in [2.45, 2.75) is 12.5 Å². The second kappa shape index (κ2) is 9.49. The number of methoxy groups -OCH3 is 2. The molecule has 2 aromatic heterocycles. The number of carbonyl (C=O) groups excluding carboxylic acids is 1. The lowest BCUT2D eigenvalue weighted by atomic mass is 10.1. The molecule has 4 rings (SSSR count). The molecule has 0 spiro atoms. The van der Waals surface area contributed by atoms with Crippen LogP contribution in [0.25, 0.3) is 16.6 Å². The van der Waals surface area contributed by atoms with Gasteiger partial charge >= 0.3 is 11.7 Å². The van der Waals surface area contributed by atoms with Crippen molar-refractivity contribution in [1.82, 2.24) is 14.5 Å². The lowest BCUT2D eigenvalue weighted by molar-refractivity contribution is -0.142. The number of nitrogens with zero attached hydrogens (tertiary/aromatic N) is 2. The number of hydrogen-bond acceptors (Lipinski definition) is 7. The quantitative estimate of drug-likeness (QED) is 0.283. The molecular weight excluding hydrogens is 440 g/mol. The van der Waals surface area contributed by atoms with Crippen LogP contribution in [0.3, 0.4) is 0 Å². The van der Waals surface area contributed by atoms with Gasteiger partial charge in [-0.15, -0.1) is 0 Å². The van der Waals surface area contributed by atoms with Gasteiger partial charge in [0.05, 0.1) is 19.9 Å². The number of H-pyrrole nitrogens is 2. The van der Waals surface area contributed by atoms with E-state index in [0.29, 0.717) is 5.75 Å². The number of carbonyl (C=O) groups is 1. The zero-order chi connectivity index (χ0) is 24.2. The first-order valence-electron chi connectivity index (χ1n) is 10.3. The minimum Gasteiger partial charge on any atom is -0.497 e. The maximum absolute atomic E-state index is 12.4. The van der Waals surface area contributed by atoms with Gasteiger partial charge in [0.15, 0.2) is 6.04 Å². The van der Waals surface area contributed by atoms with Crippen molar-refractivity contribution in [3.05, 3.63) is 86.7 Å². The first-order chi connectivity index (χ1) is 16.4. The Balaban J connectivity index is 1.73. The summed E-state index contributed by atoms with van der Waals surface area (Å²) in [6, 6.07) is 13.0. The molecule has 0 aliphatic rings. The summed E-state index contributed by atoms with van der Waals surface area (Å²) in [6.45, 7) is 0. The van der Waals surface area contributed by atoms with Crippen molar-refractivity contribution < 1.29 is 19.4 Å². The second-order valence-corrected chi connectivity index (χ2v) is 7.41. The highest BCUT2D eigenvalue weighted by molar-refractivity contribution is 5.87. The fraction of sp³-hybridized carbons (Fsp3) is 0.167. The fourth-order valence-corrected chi connectivity index (χ4v) is 3.65. The standard InChI is InChI=1S/C24H22N4O6/c1-33-16-7-5-6-15(11-16)28-22(30)18(21(29)27-24(28)32)13-26-20(23(31)34-2)10-14-12-25-19-9-4-3-8-17(14)19/h3-9,11-13,20,25,30H,10H2,1-2H3,(H,27,29,32)/t20-/m1/s1. The van der Waals surface area contributed by atoms with Crippen LogP contribution in [0.1, 0.15) is 11.1 Å².